The molecule has 0 radical (unpaired) electrons. The first-order valence-electron chi connectivity index (χ1n) is 6.22. The smallest absolute Gasteiger partial charge is 0.328 e. The van der Waals surface area contributed by atoms with Gasteiger partial charge in [-0.2, -0.15) is 0 Å². The van der Waals surface area contributed by atoms with Gasteiger partial charge < -0.3 is 15.4 Å². The number of carbonyl (C=O) groups is 2. The Morgan fingerprint density at radius 1 is 1.15 bits per heavy atom. The summed E-state index contributed by atoms with van der Waals surface area (Å²) in [6, 6.07) is 8.40. The van der Waals surface area contributed by atoms with Crippen LogP contribution in [0.2, 0.25) is 0 Å². The van der Waals surface area contributed by atoms with Crippen LogP contribution in [0.1, 0.15) is 19.4 Å². The van der Waals surface area contributed by atoms with Crippen molar-refractivity contribution in [1.29, 1.82) is 0 Å². The van der Waals surface area contributed by atoms with Crippen molar-refractivity contribution in [2.24, 2.45) is 0 Å². The lowest BCUT2D eigenvalue weighted by Gasteiger charge is -2.16. The third-order valence-electron chi connectivity index (χ3n) is 2.76. The van der Waals surface area contributed by atoms with Gasteiger partial charge in [0, 0.05) is 0 Å². The maximum atomic E-state index is 11.7. The van der Waals surface area contributed by atoms with E-state index in [0.29, 0.717) is 0 Å². The summed E-state index contributed by atoms with van der Waals surface area (Å²) in [5, 5.41) is 5.39. The van der Waals surface area contributed by atoms with Crippen molar-refractivity contribution in [2.45, 2.75) is 32.5 Å². The summed E-state index contributed by atoms with van der Waals surface area (Å²) in [7, 11) is 1.68. The van der Waals surface area contributed by atoms with Gasteiger partial charge in [0.1, 0.15) is 12.6 Å². The molecule has 1 rings (SSSR count). The summed E-state index contributed by atoms with van der Waals surface area (Å²) in [4.78, 5) is 23.3. The number of ether oxygens (including phenoxy) is 1. The third kappa shape index (κ3) is 6.04. The van der Waals surface area contributed by atoms with Crippen molar-refractivity contribution in [3.05, 3.63) is 35.9 Å². The zero-order chi connectivity index (χ0) is 14.3. The molecule has 6 heteroatoms. The number of hydrogen-bond acceptors (Lipinski definition) is 4. The third-order valence-corrected chi connectivity index (χ3v) is 2.76. The van der Waals surface area contributed by atoms with Gasteiger partial charge in [-0.25, -0.2) is 4.79 Å². The predicted molar refractivity (Wildman–Crippen MR) is 79.6 cm³/mol. The van der Waals surface area contributed by atoms with E-state index in [0.717, 1.165) is 5.56 Å². The summed E-state index contributed by atoms with van der Waals surface area (Å²) in [5.74, 6) is -0.674. The number of hydrogen-bond donors (Lipinski definition) is 2. The Morgan fingerprint density at radius 2 is 1.75 bits per heavy atom. The molecule has 0 bridgehead atoms. The molecule has 0 saturated carbocycles. The molecule has 2 atom stereocenters. The fourth-order valence-electron chi connectivity index (χ4n) is 1.38. The Bertz CT molecular complexity index is 426. The number of benzene rings is 1. The molecule has 2 N–H and O–H groups in total. The molecule has 0 saturated heterocycles. The number of nitrogens with one attached hydrogen (secondary N) is 2. The van der Waals surface area contributed by atoms with Gasteiger partial charge in [-0.3, -0.25) is 4.79 Å². The van der Waals surface area contributed by atoms with Crippen molar-refractivity contribution in [3.63, 3.8) is 0 Å². The van der Waals surface area contributed by atoms with Gasteiger partial charge in [-0.05, 0) is 26.5 Å². The van der Waals surface area contributed by atoms with Gasteiger partial charge in [0.2, 0.25) is 5.91 Å². The number of rotatable bonds is 6. The molecular formula is C14H21ClN2O3. The van der Waals surface area contributed by atoms with Crippen LogP contribution < -0.4 is 10.6 Å². The molecule has 1 aromatic carbocycles. The second-order valence-corrected chi connectivity index (χ2v) is 4.33. The molecule has 0 aliphatic rings. The Balaban J connectivity index is 0.00000361. The van der Waals surface area contributed by atoms with Gasteiger partial charge >= 0.3 is 5.97 Å². The summed E-state index contributed by atoms with van der Waals surface area (Å²) in [5.41, 5.74) is 0.915. The predicted octanol–water partition coefficient (Wildman–Crippen LogP) is 1.26. The van der Waals surface area contributed by atoms with Gasteiger partial charge in [0.25, 0.3) is 0 Å². The largest absolute Gasteiger partial charge is 0.459 e. The van der Waals surface area contributed by atoms with E-state index in [4.69, 9.17) is 4.74 Å². The maximum absolute atomic E-state index is 11.7. The monoisotopic (exact) mass is 300 g/mol. The van der Waals surface area contributed by atoms with Gasteiger partial charge in [-0.15, -0.1) is 12.4 Å². The SMILES string of the molecule is CN[C@@H](C)C(=O)N[C@@H](C)C(=O)OCc1ccccc1.Cl. The molecule has 0 unspecified atom stereocenters. The Hall–Kier alpha value is -1.59. The van der Waals surface area contributed by atoms with Crippen molar-refractivity contribution in [3.8, 4) is 0 Å². The van der Waals surface area contributed by atoms with Gasteiger partial charge in [0.15, 0.2) is 0 Å². The molecule has 0 heterocycles. The van der Waals surface area contributed by atoms with Crippen molar-refractivity contribution in [1.82, 2.24) is 10.6 Å². The minimum atomic E-state index is -0.660. The van der Waals surface area contributed by atoms with Crippen LogP contribution in [-0.2, 0) is 20.9 Å². The first-order chi connectivity index (χ1) is 9.04. The van der Waals surface area contributed by atoms with Crippen LogP contribution in [0.5, 0.6) is 0 Å². The molecule has 0 fully saturated rings. The van der Waals surface area contributed by atoms with E-state index in [1.807, 2.05) is 30.3 Å². The van der Waals surface area contributed by atoms with Crippen molar-refractivity contribution in [2.75, 3.05) is 7.05 Å². The molecule has 0 aromatic heterocycles. The normalized spacial score (nSPS) is 12.8. The van der Waals surface area contributed by atoms with E-state index in [9.17, 15) is 9.59 Å². The highest BCUT2D eigenvalue weighted by molar-refractivity contribution is 5.87. The van der Waals surface area contributed by atoms with Gasteiger partial charge in [-0.1, -0.05) is 30.3 Å². The summed E-state index contributed by atoms with van der Waals surface area (Å²) < 4.78 is 5.13. The number of likely N-dealkylation sites (N-methyl/N-ethyl adjacent to an activating group) is 1. The molecule has 112 valence electrons. The quantitative estimate of drug-likeness (QED) is 0.776. The zero-order valence-electron chi connectivity index (χ0n) is 11.9. The van der Waals surface area contributed by atoms with Crippen LogP contribution in [-0.4, -0.2) is 31.0 Å². The Kier molecular flexibility index (Phi) is 8.59. The number of esters is 1. The zero-order valence-corrected chi connectivity index (χ0v) is 12.7. The van der Waals surface area contributed by atoms with Crippen LogP contribution in [0, 0.1) is 0 Å². The fraction of sp³-hybridized carbons (Fsp3) is 0.429. The molecular weight excluding hydrogens is 280 g/mol. The lowest BCUT2D eigenvalue weighted by molar-refractivity contribution is -0.148. The minimum Gasteiger partial charge on any atom is -0.459 e. The summed E-state index contributed by atoms with van der Waals surface area (Å²) in [6.45, 7) is 3.53. The molecule has 1 aromatic rings. The standard InChI is InChI=1S/C14H20N2O3.ClH/c1-10(15-3)13(17)16-11(2)14(18)19-9-12-7-5-4-6-8-12;/h4-8,10-11,15H,9H2,1-3H3,(H,16,17);1H/t10-,11-;/m0./s1. The van der Waals surface area contributed by atoms with Crippen LogP contribution in [0.4, 0.5) is 0 Å². The van der Waals surface area contributed by atoms with Gasteiger partial charge in [0.05, 0.1) is 6.04 Å². The van der Waals surface area contributed by atoms with E-state index >= 15 is 0 Å². The highest BCUT2D eigenvalue weighted by Gasteiger charge is 2.19. The van der Waals surface area contributed by atoms with E-state index in [-0.39, 0.29) is 31.0 Å². The average Bonchev–Trinajstić information content (AvgIpc) is 2.44. The molecule has 20 heavy (non-hydrogen) atoms. The molecule has 1 amide bonds. The van der Waals surface area contributed by atoms with Crippen LogP contribution in [0.3, 0.4) is 0 Å². The van der Waals surface area contributed by atoms with Crippen LogP contribution >= 0.6 is 12.4 Å². The minimum absolute atomic E-state index is 0. The topological polar surface area (TPSA) is 67.4 Å². The summed E-state index contributed by atoms with van der Waals surface area (Å²) >= 11 is 0. The lowest BCUT2D eigenvalue weighted by Crippen LogP contribution is -2.47. The molecule has 0 spiro atoms. The molecule has 0 aliphatic carbocycles. The summed E-state index contributed by atoms with van der Waals surface area (Å²) in [6.07, 6.45) is 0. The fourth-order valence-corrected chi connectivity index (χ4v) is 1.38. The second kappa shape index (κ2) is 9.34. The lowest BCUT2D eigenvalue weighted by atomic mass is 10.2. The number of halogens is 1. The van der Waals surface area contributed by atoms with Crippen LogP contribution in [0.25, 0.3) is 0 Å². The highest BCUT2D eigenvalue weighted by Crippen LogP contribution is 2.01. The molecule has 0 aliphatic heterocycles. The maximum Gasteiger partial charge on any atom is 0.328 e. The van der Waals surface area contributed by atoms with E-state index in [1.54, 1.807) is 20.9 Å². The number of carbonyl (C=O) groups excluding carboxylic acids is 2. The van der Waals surface area contributed by atoms with E-state index in [2.05, 4.69) is 10.6 Å². The Labute approximate surface area is 125 Å². The highest BCUT2D eigenvalue weighted by atomic mass is 35.5. The number of amides is 1. The Morgan fingerprint density at radius 3 is 2.30 bits per heavy atom. The average molecular weight is 301 g/mol. The second-order valence-electron chi connectivity index (χ2n) is 4.33. The van der Waals surface area contributed by atoms with Crippen LogP contribution in [0.15, 0.2) is 30.3 Å². The van der Waals surface area contributed by atoms with E-state index in [1.165, 1.54) is 0 Å². The van der Waals surface area contributed by atoms with Crippen molar-refractivity contribution >= 4 is 24.3 Å². The van der Waals surface area contributed by atoms with E-state index < -0.39 is 12.0 Å². The molecule has 5 nitrogen and oxygen atoms in total. The first kappa shape index (κ1) is 18.4. The van der Waals surface area contributed by atoms with Crippen molar-refractivity contribution < 1.29 is 14.3 Å². The first-order valence-corrected chi connectivity index (χ1v) is 6.22.